The number of para-hydroxylation sites is 1. The number of sulfonamides is 1. The Kier molecular flexibility index (Phi) is 8.76. The highest BCUT2D eigenvalue weighted by molar-refractivity contribution is 9.10. The van der Waals surface area contributed by atoms with Gasteiger partial charge in [-0.1, -0.05) is 12.1 Å². The fourth-order valence-corrected chi connectivity index (χ4v) is 6.03. The van der Waals surface area contributed by atoms with Gasteiger partial charge in [-0.05, 0) is 80.6 Å². The third-order valence-corrected chi connectivity index (χ3v) is 8.55. The molecule has 0 bridgehead atoms. The van der Waals surface area contributed by atoms with E-state index < -0.39 is 10.0 Å². The number of likely N-dealkylation sites (N-methyl/N-ethyl adjacent to an activating group) is 1. The van der Waals surface area contributed by atoms with Gasteiger partial charge in [0.15, 0.2) is 0 Å². The molecule has 2 aromatic carbocycles. The maximum absolute atomic E-state index is 12.9. The van der Waals surface area contributed by atoms with Crippen molar-refractivity contribution in [1.29, 1.82) is 0 Å². The summed E-state index contributed by atoms with van der Waals surface area (Å²) in [6.45, 7) is 5.49. The van der Waals surface area contributed by atoms with Crippen molar-refractivity contribution in [3.63, 3.8) is 0 Å². The first-order chi connectivity index (χ1) is 18.1. The summed E-state index contributed by atoms with van der Waals surface area (Å²) in [5.74, 6) is 1.41. The Balaban J connectivity index is 1.60. The highest BCUT2D eigenvalue weighted by Crippen LogP contribution is 2.34. The van der Waals surface area contributed by atoms with Gasteiger partial charge in [0, 0.05) is 37.1 Å². The fraction of sp³-hybridized carbons (Fsp3) is 0.385. The number of benzene rings is 2. The van der Waals surface area contributed by atoms with Crippen molar-refractivity contribution in [2.45, 2.75) is 37.2 Å². The molecule has 3 aromatic rings. The van der Waals surface area contributed by atoms with Crippen molar-refractivity contribution in [1.82, 2.24) is 19.6 Å². The van der Waals surface area contributed by atoms with Crippen molar-refractivity contribution in [2.75, 3.05) is 49.8 Å². The third kappa shape index (κ3) is 6.55. The van der Waals surface area contributed by atoms with E-state index in [2.05, 4.69) is 71.2 Å². The van der Waals surface area contributed by atoms with Crippen LogP contribution in [-0.2, 0) is 10.0 Å². The zero-order valence-electron chi connectivity index (χ0n) is 22.2. The normalized spacial score (nSPS) is 15.8. The maximum atomic E-state index is 12.9. The number of aromatic nitrogens is 2. The predicted octanol–water partition coefficient (Wildman–Crippen LogP) is 4.56. The molecule has 1 fully saturated rings. The summed E-state index contributed by atoms with van der Waals surface area (Å²) >= 11 is 3.47. The van der Waals surface area contributed by atoms with Crippen molar-refractivity contribution in [3.05, 3.63) is 53.1 Å². The van der Waals surface area contributed by atoms with Crippen molar-refractivity contribution >= 4 is 54.8 Å². The standard InChI is InChI=1S/C26H34BrN7O3S/c1-17(2)32-38(35,36)24-9-7-6-8-21(24)29-25-20(27)15-28-26(31-25)30-22-14-18(10-11-23(22)37-5)34-13-12-19(16-34)33(3)4/h6-11,14-15,17,19,32H,12-13,16H2,1-5H3,(H2,28,29,30,31). The molecule has 1 saturated heterocycles. The first-order valence-corrected chi connectivity index (χ1v) is 14.6. The Morgan fingerprint density at radius 1 is 1.13 bits per heavy atom. The molecule has 1 aliphatic rings. The first kappa shape index (κ1) is 28.1. The van der Waals surface area contributed by atoms with Crippen LogP contribution in [0, 0.1) is 0 Å². The molecular weight excluding hydrogens is 570 g/mol. The molecule has 1 atom stereocenters. The number of rotatable bonds is 10. The van der Waals surface area contributed by atoms with Gasteiger partial charge in [-0.15, -0.1) is 0 Å². The van der Waals surface area contributed by atoms with E-state index in [1.54, 1.807) is 51.4 Å². The number of nitrogens with one attached hydrogen (secondary N) is 3. The molecule has 1 unspecified atom stereocenters. The number of anilines is 5. The quantitative estimate of drug-likeness (QED) is 0.307. The zero-order chi connectivity index (χ0) is 27.4. The van der Waals surface area contributed by atoms with Crippen LogP contribution in [0.4, 0.5) is 28.8 Å². The summed E-state index contributed by atoms with van der Waals surface area (Å²) in [6.07, 6.45) is 2.72. The lowest BCUT2D eigenvalue weighted by Crippen LogP contribution is -2.31. The van der Waals surface area contributed by atoms with E-state index in [9.17, 15) is 8.42 Å². The SMILES string of the molecule is COc1ccc(N2CCC(N(C)C)C2)cc1Nc1ncc(Br)c(Nc2ccccc2S(=O)(=O)NC(C)C)n1. The molecule has 2 heterocycles. The fourth-order valence-electron chi connectivity index (χ4n) is 4.33. The Morgan fingerprint density at radius 2 is 1.89 bits per heavy atom. The number of halogens is 1. The van der Waals surface area contributed by atoms with Crippen LogP contribution >= 0.6 is 15.9 Å². The number of methoxy groups -OCH3 is 1. The molecule has 0 spiro atoms. The van der Waals surface area contributed by atoms with Crippen LogP contribution in [-0.4, -0.2) is 69.7 Å². The lowest BCUT2D eigenvalue weighted by atomic mass is 10.2. The van der Waals surface area contributed by atoms with Crippen LogP contribution in [0.15, 0.2) is 58.0 Å². The molecule has 10 nitrogen and oxygen atoms in total. The van der Waals surface area contributed by atoms with Crippen LogP contribution in [0.25, 0.3) is 0 Å². The lowest BCUT2D eigenvalue weighted by Gasteiger charge is -2.23. The molecule has 0 aliphatic carbocycles. The zero-order valence-corrected chi connectivity index (χ0v) is 24.6. The molecular formula is C26H34BrN7O3S. The third-order valence-electron chi connectivity index (χ3n) is 6.25. The maximum Gasteiger partial charge on any atom is 0.242 e. The second kappa shape index (κ2) is 11.9. The molecule has 204 valence electrons. The highest BCUT2D eigenvalue weighted by atomic mass is 79.9. The molecule has 1 aromatic heterocycles. The monoisotopic (exact) mass is 603 g/mol. The summed E-state index contributed by atoms with van der Waals surface area (Å²) in [6, 6.07) is 13.0. The van der Waals surface area contributed by atoms with E-state index in [4.69, 9.17) is 4.74 Å². The second-order valence-electron chi connectivity index (χ2n) is 9.65. The van der Waals surface area contributed by atoms with Gasteiger partial charge < -0.3 is 25.2 Å². The molecule has 0 saturated carbocycles. The Labute approximate surface area is 233 Å². The molecule has 0 amide bonds. The average molecular weight is 605 g/mol. The van der Waals surface area contributed by atoms with E-state index >= 15 is 0 Å². The highest BCUT2D eigenvalue weighted by Gasteiger charge is 2.25. The topological polar surface area (TPSA) is 112 Å². The van der Waals surface area contributed by atoms with Gasteiger partial charge in [0.05, 0.1) is 23.0 Å². The molecule has 38 heavy (non-hydrogen) atoms. The van der Waals surface area contributed by atoms with Crippen LogP contribution in [0.2, 0.25) is 0 Å². The van der Waals surface area contributed by atoms with E-state index in [1.807, 2.05) is 12.1 Å². The lowest BCUT2D eigenvalue weighted by molar-refractivity contribution is 0.315. The largest absolute Gasteiger partial charge is 0.495 e. The number of hydrogen-bond donors (Lipinski definition) is 3. The molecule has 12 heteroatoms. The van der Waals surface area contributed by atoms with Gasteiger partial charge in [0.2, 0.25) is 16.0 Å². The minimum absolute atomic E-state index is 0.129. The summed E-state index contributed by atoms with van der Waals surface area (Å²) < 4.78 is 34.6. The van der Waals surface area contributed by atoms with Gasteiger partial charge in [0.25, 0.3) is 0 Å². The Morgan fingerprint density at radius 3 is 2.58 bits per heavy atom. The summed E-state index contributed by atoms with van der Waals surface area (Å²) in [5, 5.41) is 6.42. The molecule has 0 radical (unpaired) electrons. The Hall–Kier alpha value is -2.93. The summed E-state index contributed by atoms with van der Waals surface area (Å²) in [7, 11) is 2.12. The van der Waals surface area contributed by atoms with Gasteiger partial charge in [-0.3, -0.25) is 0 Å². The average Bonchev–Trinajstić information content (AvgIpc) is 3.36. The van der Waals surface area contributed by atoms with Crippen molar-refractivity contribution in [2.24, 2.45) is 0 Å². The van der Waals surface area contributed by atoms with Gasteiger partial charge in [-0.2, -0.15) is 4.98 Å². The molecule has 1 aliphatic heterocycles. The van der Waals surface area contributed by atoms with E-state index in [0.29, 0.717) is 33.7 Å². The predicted molar refractivity (Wildman–Crippen MR) is 155 cm³/mol. The van der Waals surface area contributed by atoms with Gasteiger partial charge >= 0.3 is 0 Å². The van der Waals surface area contributed by atoms with E-state index in [-0.39, 0.29) is 10.9 Å². The number of ether oxygens (including phenoxy) is 1. The van der Waals surface area contributed by atoms with Gasteiger partial charge in [-0.25, -0.2) is 18.1 Å². The van der Waals surface area contributed by atoms with Crippen LogP contribution in [0.3, 0.4) is 0 Å². The van der Waals surface area contributed by atoms with Crippen LogP contribution < -0.4 is 25.0 Å². The van der Waals surface area contributed by atoms with Gasteiger partial charge in [0.1, 0.15) is 16.5 Å². The van der Waals surface area contributed by atoms with Crippen molar-refractivity contribution in [3.8, 4) is 5.75 Å². The first-order valence-electron chi connectivity index (χ1n) is 12.3. The van der Waals surface area contributed by atoms with E-state index in [1.165, 1.54) is 0 Å². The van der Waals surface area contributed by atoms with Crippen LogP contribution in [0.1, 0.15) is 20.3 Å². The number of hydrogen-bond acceptors (Lipinski definition) is 9. The van der Waals surface area contributed by atoms with Crippen molar-refractivity contribution < 1.29 is 13.2 Å². The van der Waals surface area contributed by atoms with E-state index in [0.717, 1.165) is 30.9 Å². The smallest absolute Gasteiger partial charge is 0.242 e. The minimum atomic E-state index is -3.72. The second-order valence-corrected chi connectivity index (χ2v) is 12.2. The number of nitrogens with zero attached hydrogens (tertiary/aromatic N) is 4. The Bertz CT molecular complexity index is 1390. The summed E-state index contributed by atoms with van der Waals surface area (Å²) in [5.41, 5.74) is 2.22. The molecule has 3 N–H and O–H groups in total. The molecule has 4 rings (SSSR count). The van der Waals surface area contributed by atoms with Crippen LogP contribution in [0.5, 0.6) is 5.75 Å². The minimum Gasteiger partial charge on any atom is -0.495 e. The summed E-state index contributed by atoms with van der Waals surface area (Å²) in [4.78, 5) is 13.8.